The highest BCUT2D eigenvalue weighted by atomic mass is 32.1. The SMILES string of the molecule is Cc1cc(C)c(CNCc2nccs2)cc1C. The molecule has 0 aliphatic rings. The average Bonchev–Trinajstić information content (AvgIpc) is 2.78. The maximum Gasteiger partial charge on any atom is 0.106 e. The fourth-order valence-corrected chi connectivity index (χ4v) is 2.44. The van der Waals surface area contributed by atoms with Gasteiger partial charge in [0.15, 0.2) is 0 Å². The van der Waals surface area contributed by atoms with Crippen LogP contribution in [0.3, 0.4) is 0 Å². The molecule has 0 spiro atoms. The summed E-state index contributed by atoms with van der Waals surface area (Å²) in [6.07, 6.45) is 1.85. The molecule has 0 fully saturated rings. The zero-order valence-corrected chi connectivity index (χ0v) is 11.4. The lowest BCUT2D eigenvalue weighted by Gasteiger charge is -2.10. The van der Waals surface area contributed by atoms with Crippen LogP contribution in [0.4, 0.5) is 0 Å². The van der Waals surface area contributed by atoms with E-state index < -0.39 is 0 Å². The van der Waals surface area contributed by atoms with Gasteiger partial charge < -0.3 is 5.32 Å². The van der Waals surface area contributed by atoms with Crippen molar-refractivity contribution in [2.24, 2.45) is 0 Å². The van der Waals surface area contributed by atoms with Gasteiger partial charge in [-0.15, -0.1) is 11.3 Å². The summed E-state index contributed by atoms with van der Waals surface area (Å²) < 4.78 is 0. The molecule has 3 heteroatoms. The molecule has 1 aromatic heterocycles. The van der Waals surface area contributed by atoms with Gasteiger partial charge in [0, 0.05) is 24.7 Å². The summed E-state index contributed by atoms with van der Waals surface area (Å²) in [6.45, 7) is 8.26. The van der Waals surface area contributed by atoms with Crippen LogP contribution in [-0.2, 0) is 13.1 Å². The molecule has 0 radical (unpaired) electrons. The summed E-state index contributed by atoms with van der Waals surface area (Å²) in [5.74, 6) is 0. The fourth-order valence-electron chi connectivity index (χ4n) is 1.86. The third-order valence-electron chi connectivity index (χ3n) is 3.03. The van der Waals surface area contributed by atoms with Crippen molar-refractivity contribution in [1.82, 2.24) is 10.3 Å². The van der Waals surface area contributed by atoms with Gasteiger partial charge in [-0.1, -0.05) is 12.1 Å². The third-order valence-corrected chi connectivity index (χ3v) is 3.81. The molecule has 0 amide bonds. The number of hydrogen-bond acceptors (Lipinski definition) is 3. The molecule has 2 aromatic rings. The minimum atomic E-state index is 0.851. The number of benzene rings is 1. The third kappa shape index (κ3) is 3.14. The molecule has 90 valence electrons. The predicted molar refractivity (Wildman–Crippen MR) is 73.3 cm³/mol. The second-order valence-electron chi connectivity index (χ2n) is 4.39. The van der Waals surface area contributed by atoms with Gasteiger partial charge >= 0.3 is 0 Å². The Hall–Kier alpha value is -1.19. The molecule has 0 atom stereocenters. The Morgan fingerprint density at radius 3 is 2.53 bits per heavy atom. The summed E-state index contributed by atoms with van der Waals surface area (Å²) >= 11 is 1.69. The molecule has 17 heavy (non-hydrogen) atoms. The summed E-state index contributed by atoms with van der Waals surface area (Å²) in [4.78, 5) is 4.26. The molecular weight excluding hydrogens is 228 g/mol. The number of nitrogens with zero attached hydrogens (tertiary/aromatic N) is 1. The van der Waals surface area contributed by atoms with Gasteiger partial charge in [0.25, 0.3) is 0 Å². The lowest BCUT2D eigenvalue weighted by Crippen LogP contribution is -2.13. The van der Waals surface area contributed by atoms with Gasteiger partial charge in [0.05, 0.1) is 0 Å². The maximum absolute atomic E-state index is 4.26. The van der Waals surface area contributed by atoms with E-state index in [0.29, 0.717) is 0 Å². The van der Waals surface area contributed by atoms with Gasteiger partial charge in [-0.2, -0.15) is 0 Å². The van der Waals surface area contributed by atoms with Crippen molar-refractivity contribution in [1.29, 1.82) is 0 Å². The van der Waals surface area contributed by atoms with E-state index in [1.807, 2.05) is 11.6 Å². The van der Waals surface area contributed by atoms with E-state index >= 15 is 0 Å². The van der Waals surface area contributed by atoms with Gasteiger partial charge in [-0.05, 0) is 43.0 Å². The molecule has 1 heterocycles. The zero-order valence-electron chi connectivity index (χ0n) is 10.6. The quantitative estimate of drug-likeness (QED) is 0.894. The number of aryl methyl sites for hydroxylation is 3. The van der Waals surface area contributed by atoms with E-state index in [4.69, 9.17) is 0 Å². The Balaban J connectivity index is 1.97. The van der Waals surface area contributed by atoms with E-state index in [1.165, 1.54) is 22.3 Å². The molecule has 1 N–H and O–H groups in total. The van der Waals surface area contributed by atoms with Crippen molar-refractivity contribution >= 4 is 11.3 Å². The predicted octanol–water partition coefficient (Wildman–Crippen LogP) is 3.36. The van der Waals surface area contributed by atoms with Crippen molar-refractivity contribution < 1.29 is 0 Å². The second-order valence-corrected chi connectivity index (χ2v) is 5.37. The molecule has 0 aliphatic heterocycles. The first-order valence-corrected chi connectivity index (χ1v) is 6.70. The average molecular weight is 246 g/mol. The molecule has 0 saturated carbocycles. The highest BCUT2D eigenvalue weighted by Crippen LogP contribution is 2.15. The Kier molecular flexibility index (Phi) is 3.92. The smallest absolute Gasteiger partial charge is 0.106 e. The standard InChI is InChI=1S/C14H18N2S/c1-10-6-12(3)13(7-11(10)2)8-15-9-14-16-4-5-17-14/h4-7,15H,8-9H2,1-3H3. The zero-order chi connectivity index (χ0) is 12.3. The van der Waals surface area contributed by atoms with Crippen molar-refractivity contribution in [3.05, 3.63) is 51.0 Å². The summed E-state index contributed by atoms with van der Waals surface area (Å²) in [7, 11) is 0. The van der Waals surface area contributed by atoms with Crippen LogP contribution >= 0.6 is 11.3 Å². The summed E-state index contributed by atoms with van der Waals surface area (Å²) in [6, 6.07) is 4.54. The van der Waals surface area contributed by atoms with Crippen molar-refractivity contribution in [2.45, 2.75) is 33.9 Å². The maximum atomic E-state index is 4.26. The van der Waals surface area contributed by atoms with Crippen LogP contribution in [0.5, 0.6) is 0 Å². The number of thiazole rings is 1. The summed E-state index contributed by atoms with van der Waals surface area (Å²) in [5.41, 5.74) is 5.47. The van der Waals surface area contributed by atoms with E-state index in [2.05, 4.69) is 43.2 Å². The summed E-state index contributed by atoms with van der Waals surface area (Å²) in [5, 5.41) is 6.60. The Morgan fingerprint density at radius 2 is 1.82 bits per heavy atom. The molecule has 2 rings (SSSR count). The largest absolute Gasteiger partial charge is 0.306 e. The number of rotatable bonds is 4. The van der Waals surface area contributed by atoms with Gasteiger partial charge in [0.1, 0.15) is 5.01 Å². The molecule has 0 unspecified atom stereocenters. The van der Waals surface area contributed by atoms with E-state index in [0.717, 1.165) is 18.1 Å². The van der Waals surface area contributed by atoms with Crippen molar-refractivity contribution in [3.63, 3.8) is 0 Å². The normalized spacial score (nSPS) is 10.8. The lowest BCUT2D eigenvalue weighted by atomic mass is 10.0. The highest BCUT2D eigenvalue weighted by molar-refractivity contribution is 7.09. The van der Waals surface area contributed by atoms with Crippen molar-refractivity contribution in [3.8, 4) is 0 Å². The molecule has 0 aliphatic carbocycles. The highest BCUT2D eigenvalue weighted by Gasteiger charge is 2.02. The first kappa shape index (κ1) is 12.3. The molecule has 1 aromatic carbocycles. The molecular formula is C14H18N2S. The van der Waals surface area contributed by atoms with Crippen LogP contribution in [0.15, 0.2) is 23.7 Å². The first-order chi connectivity index (χ1) is 8.16. The van der Waals surface area contributed by atoms with Gasteiger partial charge in [0.2, 0.25) is 0 Å². The fraction of sp³-hybridized carbons (Fsp3) is 0.357. The van der Waals surface area contributed by atoms with Gasteiger partial charge in [-0.3, -0.25) is 0 Å². The Morgan fingerprint density at radius 1 is 1.06 bits per heavy atom. The number of hydrogen-bond donors (Lipinski definition) is 1. The van der Waals surface area contributed by atoms with Crippen LogP contribution in [0.25, 0.3) is 0 Å². The molecule has 2 nitrogen and oxygen atoms in total. The van der Waals surface area contributed by atoms with Crippen LogP contribution < -0.4 is 5.32 Å². The van der Waals surface area contributed by atoms with Crippen molar-refractivity contribution in [2.75, 3.05) is 0 Å². The Bertz CT molecular complexity index is 489. The number of nitrogens with one attached hydrogen (secondary N) is 1. The Labute approximate surface area is 107 Å². The van der Waals surface area contributed by atoms with E-state index in [-0.39, 0.29) is 0 Å². The van der Waals surface area contributed by atoms with Crippen LogP contribution in [0, 0.1) is 20.8 Å². The minimum absolute atomic E-state index is 0.851. The minimum Gasteiger partial charge on any atom is -0.306 e. The lowest BCUT2D eigenvalue weighted by molar-refractivity contribution is 0.686. The van der Waals surface area contributed by atoms with Crippen LogP contribution in [0.2, 0.25) is 0 Å². The molecule has 0 saturated heterocycles. The monoisotopic (exact) mass is 246 g/mol. The topological polar surface area (TPSA) is 24.9 Å². The van der Waals surface area contributed by atoms with E-state index in [9.17, 15) is 0 Å². The number of aromatic nitrogens is 1. The first-order valence-electron chi connectivity index (χ1n) is 5.82. The van der Waals surface area contributed by atoms with Gasteiger partial charge in [-0.25, -0.2) is 4.98 Å². The van der Waals surface area contributed by atoms with E-state index in [1.54, 1.807) is 11.3 Å². The second kappa shape index (κ2) is 5.43. The molecule has 0 bridgehead atoms. The van der Waals surface area contributed by atoms with Crippen LogP contribution in [0.1, 0.15) is 27.3 Å². The van der Waals surface area contributed by atoms with Crippen LogP contribution in [-0.4, -0.2) is 4.98 Å².